The number of fused-ring (bicyclic) bond motifs is 5. The Balaban J connectivity index is 1.48. The van der Waals surface area contributed by atoms with E-state index < -0.39 is 59.2 Å². The molecule has 1 heterocycles. The van der Waals surface area contributed by atoms with Gasteiger partial charge in [0.15, 0.2) is 17.5 Å². The summed E-state index contributed by atoms with van der Waals surface area (Å²) in [7, 11) is 0. The number of amides is 3. The van der Waals surface area contributed by atoms with Gasteiger partial charge < -0.3 is 5.32 Å². The molecule has 0 spiro atoms. The Kier molecular flexibility index (Phi) is 3.45. The molecule has 130 valence electrons. The molecule has 2 fully saturated rings. The maximum absolute atomic E-state index is 13.6. The molecule has 4 rings (SSSR count). The maximum atomic E-state index is 13.6. The minimum atomic E-state index is -1.71. The first-order valence-electron chi connectivity index (χ1n) is 7.85. The van der Waals surface area contributed by atoms with Gasteiger partial charge in [0, 0.05) is 0 Å². The van der Waals surface area contributed by atoms with Crippen LogP contribution in [0, 0.1) is 41.1 Å². The lowest BCUT2D eigenvalue weighted by Crippen LogP contribution is -2.39. The van der Waals surface area contributed by atoms with Gasteiger partial charge in [0.25, 0.3) is 0 Å². The van der Waals surface area contributed by atoms with Crippen LogP contribution in [0.15, 0.2) is 24.3 Å². The van der Waals surface area contributed by atoms with E-state index in [-0.39, 0.29) is 11.8 Å². The van der Waals surface area contributed by atoms with Gasteiger partial charge in [-0.3, -0.25) is 19.3 Å². The van der Waals surface area contributed by atoms with E-state index in [1.165, 1.54) is 0 Å². The van der Waals surface area contributed by atoms with Crippen LogP contribution in [0.3, 0.4) is 0 Å². The van der Waals surface area contributed by atoms with Crippen LogP contribution >= 0.6 is 0 Å². The molecule has 3 amide bonds. The normalized spacial score (nSPS) is 29.5. The van der Waals surface area contributed by atoms with Crippen molar-refractivity contribution in [2.24, 2.45) is 23.7 Å². The Labute approximate surface area is 140 Å². The molecule has 2 bridgehead atoms. The summed E-state index contributed by atoms with van der Waals surface area (Å²) in [5, 5.41) is 2.07. The van der Waals surface area contributed by atoms with Crippen LogP contribution in [0.2, 0.25) is 0 Å². The molecule has 3 aliphatic rings. The molecule has 1 aliphatic heterocycles. The van der Waals surface area contributed by atoms with Gasteiger partial charge in [-0.1, -0.05) is 12.2 Å². The summed E-state index contributed by atoms with van der Waals surface area (Å²) in [6.07, 6.45) is 4.63. The topological polar surface area (TPSA) is 66.5 Å². The Bertz CT molecular complexity index is 809. The summed E-state index contributed by atoms with van der Waals surface area (Å²) in [6.45, 7) is -0.581. The number of likely N-dealkylation sites (tertiary alicyclic amines) is 1. The van der Waals surface area contributed by atoms with E-state index in [9.17, 15) is 27.6 Å². The van der Waals surface area contributed by atoms with Crippen LogP contribution in [0.1, 0.15) is 6.42 Å². The van der Waals surface area contributed by atoms with Crippen molar-refractivity contribution in [2.75, 3.05) is 11.9 Å². The molecule has 8 heteroatoms. The van der Waals surface area contributed by atoms with Gasteiger partial charge >= 0.3 is 0 Å². The van der Waals surface area contributed by atoms with Gasteiger partial charge in [0.05, 0.1) is 17.5 Å². The molecular weight excluding hydrogens is 337 g/mol. The number of carbonyl (C=O) groups excluding carboxylic acids is 3. The largest absolute Gasteiger partial charge is 0.322 e. The minimum absolute atomic E-state index is 0.0168. The van der Waals surface area contributed by atoms with Crippen LogP contribution in [0.25, 0.3) is 0 Å². The summed E-state index contributed by atoms with van der Waals surface area (Å²) in [5.41, 5.74) is -0.551. The number of anilines is 1. The monoisotopic (exact) mass is 350 g/mol. The Hall–Kier alpha value is -2.64. The number of carbonyl (C=O) groups is 3. The summed E-state index contributed by atoms with van der Waals surface area (Å²) < 4.78 is 39.7. The highest BCUT2D eigenvalue weighted by atomic mass is 19.2. The molecule has 2 aliphatic carbocycles. The molecule has 1 N–H and O–H groups in total. The molecule has 1 aromatic rings. The van der Waals surface area contributed by atoms with Gasteiger partial charge in [0.1, 0.15) is 6.54 Å². The second-order valence-corrected chi connectivity index (χ2v) is 6.53. The van der Waals surface area contributed by atoms with Crippen LogP contribution in [-0.4, -0.2) is 29.2 Å². The van der Waals surface area contributed by atoms with Crippen LogP contribution < -0.4 is 5.32 Å². The van der Waals surface area contributed by atoms with E-state index in [4.69, 9.17) is 0 Å². The van der Waals surface area contributed by atoms with E-state index in [1.54, 1.807) is 0 Å². The first kappa shape index (κ1) is 15.9. The fourth-order valence-corrected chi connectivity index (χ4v) is 4.08. The summed E-state index contributed by atoms with van der Waals surface area (Å²) in [4.78, 5) is 37.8. The molecule has 1 saturated heterocycles. The van der Waals surface area contributed by atoms with Crippen molar-refractivity contribution >= 4 is 23.4 Å². The summed E-state index contributed by atoms with van der Waals surface area (Å²) in [6, 6.07) is 1.55. The van der Waals surface area contributed by atoms with Gasteiger partial charge in [-0.2, -0.15) is 0 Å². The summed E-state index contributed by atoms with van der Waals surface area (Å²) in [5.74, 6) is -7.13. The van der Waals surface area contributed by atoms with E-state index in [0.29, 0.717) is 6.07 Å². The van der Waals surface area contributed by atoms with Crippen LogP contribution in [0.4, 0.5) is 18.9 Å². The predicted molar refractivity (Wildman–Crippen MR) is 79.4 cm³/mol. The zero-order valence-corrected chi connectivity index (χ0v) is 12.8. The molecule has 0 aromatic heterocycles. The number of rotatable bonds is 3. The molecule has 25 heavy (non-hydrogen) atoms. The lowest BCUT2D eigenvalue weighted by Gasteiger charge is -2.17. The second-order valence-electron chi connectivity index (χ2n) is 6.53. The first-order chi connectivity index (χ1) is 11.9. The number of imide groups is 1. The van der Waals surface area contributed by atoms with Crippen molar-refractivity contribution in [3.8, 4) is 0 Å². The van der Waals surface area contributed by atoms with Crippen molar-refractivity contribution in [1.82, 2.24) is 4.90 Å². The summed E-state index contributed by atoms with van der Waals surface area (Å²) >= 11 is 0. The number of allylic oxidation sites excluding steroid dienone is 2. The van der Waals surface area contributed by atoms with Crippen molar-refractivity contribution in [1.29, 1.82) is 0 Å². The van der Waals surface area contributed by atoms with Gasteiger partial charge in [-0.15, -0.1) is 0 Å². The quantitative estimate of drug-likeness (QED) is 0.514. The van der Waals surface area contributed by atoms with Crippen LogP contribution in [0.5, 0.6) is 0 Å². The third-order valence-electron chi connectivity index (χ3n) is 5.17. The van der Waals surface area contributed by atoms with Crippen molar-refractivity contribution in [3.05, 3.63) is 41.7 Å². The average molecular weight is 350 g/mol. The van der Waals surface area contributed by atoms with Gasteiger partial charge in [-0.25, -0.2) is 13.2 Å². The fourth-order valence-electron chi connectivity index (χ4n) is 4.08. The fraction of sp³-hybridized carbons (Fsp3) is 0.353. The molecule has 1 aromatic carbocycles. The van der Waals surface area contributed by atoms with Crippen molar-refractivity contribution < 1.29 is 27.6 Å². The maximum Gasteiger partial charge on any atom is 0.244 e. The zero-order valence-electron chi connectivity index (χ0n) is 12.8. The Morgan fingerprint density at radius 3 is 2.24 bits per heavy atom. The Morgan fingerprint density at radius 2 is 1.64 bits per heavy atom. The minimum Gasteiger partial charge on any atom is -0.322 e. The molecule has 4 unspecified atom stereocenters. The number of hydrogen-bond acceptors (Lipinski definition) is 3. The number of halogens is 3. The second kappa shape index (κ2) is 5.44. The van der Waals surface area contributed by atoms with E-state index in [0.717, 1.165) is 17.4 Å². The van der Waals surface area contributed by atoms with Crippen molar-refractivity contribution in [3.63, 3.8) is 0 Å². The standard InChI is InChI=1S/C17H13F3N2O3/c18-9-3-4-10(15(20)14(9)19)21-11(23)6-22-16(24)12-7-1-2-8(5-7)13(12)17(22)25/h1-4,7-8,12-13H,5-6H2,(H,21,23). The third-order valence-corrected chi connectivity index (χ3v) is 5.17. The highest BCUT2D eigenvalue weighted by Crippen LogP contribution is 2.52. The highest BCUT2D eigenvalue weighted by Gasteiger charge is 2.59. The van der Waals surface area contributed by atoms with E-state index in [1.807, 2.05) is 12.2 Å². The van der Waals surface area contributed by atoms with E-state index >= 15 is 0 Å². The number of hydrogen-bond donors (Lipinski definition) is 1. The molecule has 4 atom stereocenters. The zero-order chi connectivity index (χ0) is 17.9. The number of nitrogens with one attached hydrogen (secondary N) is 1. The van der Waals surface area contributed by atoms with Gasteiger partial charge in [-0.05, 0) is 30.4 Å². The lowest BCUT2D eigenvalue weighted by molar-refractivity contribution is -0.143. The number of nitrogens with zero attached hydrogens (tertiary/aromatic N) is 1. The molecular formula is C17H13F3N2O3. The van der Waals surface area contributed by atoms with Crippen LogP contribution in [-0.2, 0) is 14.4 Å². The molecule has 0 radical (unpaired) electrons. The predicted octanol–water partition coefficient (Wildman–Crippen LogP) is 1.85. The van der Waals surface area contributed by atoms with E-state index in [2.05, 4.69) is 5.32 Å². The smallest absolute Gasteiger partial charge is 0.244 e. The van der Waals surface area contributed by atoms with Crippen molar-refractivity contribution in [2.45, 2.75) is 6.42 Å². The average Bonchev–Trinajstić information content (AvgIpc) is 3.25. The SMILES string of the molecule is O=C(CN1C(=O)C2C3C=CC(C3)C2C1=O)Nc1ccc(F)c(F)c1F. The first-order valence-corrected chi connectivity index (χ1v) is 7.85. The highest BCUT2D eigenvalue weighted by molar-refractivity contribution is 6.09. The third kappa shape index (κ3) is 2.27. The van der Waals surface area contributed by atoms with Gasteiger partial charge in [0.2, 0.25) is 17.7 Å². The lowest BCUT2D eigenvalue weighted by atomic mass is 9.85. The Morgan fingerprint density at radius 1 is 1.04 bits per heavy atom. The molecule has 5 nitrogen and oxygen atoms in total. The molecule has 1 saturated carbocycles. The number of benzene rings is 1.